The van der Waals surface area contributed by atoms with Crippen molar-refractivity contribution in [2.24, 2.45) is 0 Å². The summed E-state index contributed by atoms with van der Waals surface area (Å²) in [6, 6.07) is -0.809. The molecule has 0 aliphatic carbocycles. The summed E-state index contributed by atoms with van der Waals surface area (Å²) in [6.07, 6.45) is 54.9. The molecule has 0 saturated carbocycles. The molecular formula is C58H109NO8. The van der Waals surface area contributed by atoms with Gasteiger partial charge in [-0.15, -0.1) is 0 Å². The zero-order valence-corrected chi connectivity index (χ0v) is 43.7. The third-order valence-corrected chi connectivity index (χ3v) is 13.7. The van der Waals surface area contributed by atoms with Crippen LogP contribution in [0.3, 0.4) is 0 Å². The number of hydrogen-bond donors (Lipinski definition) is 6. The molecule has 67 heavy (non-hydrogen) atoms. The van der Waals surface area contributed by atoms with E-state index in [1.165, 1.54) is 193 Å². The molecule has 1 fully saturated rings. The molecule has 0 radical (unpaired) electrons. The molecule has 1 aliphatic rings. The normalized spacial score (nSPS) is 19.9. The molecule has 0 spiro atoms. The van der Waals surface area contributed by atoms with Crippen LogP contribution in [0.4, 0.5) is 0 Å². The predicted molar refractivity (Wildman–Crippen MR) is 281 cm³/mol. The number of rotatable bonds is 49. The van der Waals surface area contributed by atoms with Gasteiger partial charge in [-0.3, -0.25) is 4.79 Å². The Hall–Kier alpha value is -1.59. The van der Waals surface area contributed by atoms with Crippen molar-refractivity contribution < 1.29 is 39.8 Å². The largest absolute Gasteiger partial charge is 0.394 e. The average molecular weight is 949 g/mol. The lowest BCUT2D eigenvalue weighted by Gasteiger charge is -2.40. The Balaban J connectivity index is 2.25. The number of amides is 1. The van der Waals surface area contributed by atoms with Gasteiger partial charge in [0.2, 0.25) is 5.91 Å². The van der Waals surface area contributed by atoms with E-state index < -0.39 is 49.5 Å². The fourth-order valence-corrected chi connectivity index (χ4v) is 9.13. The van der Waals surface area contributed by atoms with Crippen LogP contribution in [0.25, 0.3) is 0 Å². The molecule has 6 N–H and O–H groups in total. The van der Waals surface area contributed by atoms with Crippen LogP contribution >= 0.6 is 0 Å². The van der Waals surface area contributed by atoms with Gasteiger partial charge in [-0.05, 0) is 51.4 Å². The highest BCUT2D eigenvalue weighted by Gasteiger charge is 2.44. The summed E-state index contributed by atoms with van der Waals surface area (Å²) in [6.45, 7) is 3.80. The van der Waals surface area contributed by atoms with E-state index in [-0.39, 0.29) is 12.5 Å². The first-order valence-corrected chi connectivity index (χ1v) is 28.7. The molecule has 9 heteroatoms. The molecule has 1 amide bonds. The van der Waals surface area contributed by atoms with Crippen molar-refractivity contribution in [2.75, 3.05) is 13.2 Å². The first-order chi connectivity index (χ1) is 32.8. The van der Waals surface area contributed by atoms with E-state index >= 15 is 0 Å². The molecule has 0 bridgehead atoms. The van der Waals surface area contributed by atoms with Crippen LogP contribution in [-0.4, -0.2) is 87.5 Å². The summed E-state index contributed by atoms with van der Waals surface area (Å²) >= 11 is 0. The lowest BCUT2D eigenvalue weighted by Crippen LogP contribution is -2.60. The van der Waals surface area contributed by atoms with Crippen molar-refractivity contribution in [2.45, 2.75) is 314 Å². The first-order valence-electron chi connectivity index (χ1n) is 28.7. The van der Waals surface area contributed by atoms with E-state index in [0.29, 0.717) is 6.42 Å². The fourth-order valence-electron chi connectivity index (χ4n) is 9.13. The number of hydrogen-bond acceptors (Lipinski definition) is 8. The second kappa shape index (κ2) is 48.1. The van der Waals surface area contributed by atoms with E-state index in [0.717, 1.165) is 57.8 Å². The van der Waals surface area contributed by atoms with Gasteiger partial charge >= 0.3 is 0 Å². The summed E-state index contributed by atoms with van der Waals surface area (Å²) in [5.41, 5.74) is 0. The molecule has 394 valence electrons. The summed E-state index contributed by atoms with van der Waals surface area (Å²) in [4.78, 5) is 13.0. The SMILES string of the molecule is CCCCCCCCCCC/C=C\C/C=C\CCCCCCCCCC(=O)NC(COC1OC(CO)C(O)C(O)C1O)C(O)/C=C/CCCCCCCCCCCCCCCCCCCCC. The average Bonchev–Trinajstić information content (AvgIpc) is 3.33. The second-order valence-electron chi connectivity index (χ2n) is 20.1. The molecule has 0 aromatic carbocycles. The smallest absolute Gasteiger partial charge is 0.220 e. The van der Waals surface area contributed by atoms with Gasteiger partial charge in [0, 0.05) is 6.42 Å². The maximum Gasteiger partial charge on any atom is 0.220 e. The van der Waals surface area contributed by atoms with Gasteiger partial charge in [0.1, 0.15) is 24.4 Å². The Morgan fingerprint density at radius 3 is 1.28 bits per heavy atom. The van der Waals surface area contributed by atoms with Gasteiger partial charge in [-0.2, -0.15) is 0 Å². The standard InChI is InChI=1S/C58H109NO8/c1-3-5-7-9-11-13-15-17-19-21-23-25-26-28-30-32-34-36-38-40-42-44-46-48-54(62)59-51(50-66-58-57(65)56(64)55(63)53(49-60)67-58)52(61)47-45-43-41-39-37-35-33-31-29-27-24-22-20-18-16-14-12-10-8-6-4-2/h23,25,28,30,45,47,51-53,55-58,60-61,63-65H,3-22,24,26-27,29,31-44,46,48-50H2,1-2H3,(H,59,62)/b25-23-,30-28-,47-45+. The van der Waals surface area contributed by atoms with E-state index in [1.807, 2.05) is 6.08 Å². The Morgan fingerprint density at radius 2 is 0.881 bits per heavy atom. The molecule has 1 aliphatic heterocycles. The summed E-state index contributed by atoms with van der Waals surface area (Å²) < 4.78 is 11.3. The number of allylic oxidation sites excluding steroid dienone is 5. The number of aliphatic hydroxyl groups is 5. The number of ether oxygens (including phenoxy) is 2. The third-order valence-electron chi connectivity index (χ3n) is 13.7. The maximum absolute atomic E-state index is 13.0. The minimum absolute atomic E-state index is 0.182. The molecule has 7 atom stereocenters. The Kier molecular flexibility index (Phi) is 45.5. The highest BCUT2D eigenvalue weighted by molar-refractivity contribution is 5.76. The van der Waals surface area contributed by atoms with Crippen LogP contribution < -0.4 is 5.32 Å². The monoisotopic (exact) mass is 948 g/mol. The summed E-state index contributed by atoms with van der Waals surface area (Å²) in [5, 5.41) is 54.5. The minimum Gasteiger partial charge on any atom is -0.394 e. The summed E-state index contributed by atoms with van der Waals surface area (Å²) in [7, 11) is 0. The predicted octanol–water partition coefficient (Wildman–Crippen LogP) is 14.0. The molecule has 1 rings (SSSR count). The molecular weight excluding hydrogens is 839 g/mol. The van der Waals surface area contributed by atoms with Crippen LogP contribution in [-0.2, 0) is 14.3 Å². The van der Waals surface area contributed by atoms with Gasteiger partial charge in [-0.25, -0.2) is 0 Å². The Labute approximate surface area is 412 Å². The number of carbonyl (C=O) groups is 1. The fraction of sp³-hybridized carbons (Fsp3) is 0.879. The van der Waals surface area contributed by atoms with Crippen molar-refractivity contribution in [3.05, 3.63) is 36.5 Å². The lowest BCUT2D eigenvalue weighted by atomic mass is 9.99. The zero-order chi connectivity index (χ0) is 48.7. The lowest BCUT2D eigenvalue weighted by molar-refractivity contribution is -0.302. The van der Waals surface area contributed by atoms with Crippen molar-refractivity contribution in [3.8, 4) is 0 Å². The molecule has 9 nitrogen and oxygen atoms in total. The number of unbranched alkanes of at least 4 members (excludes halogenated alkanes) is 35. The maximum atomic E-state index is 13.0. The van der Waals surface area contributed by atoms with Gasteiger partial charge in [0.25, 0.3) is 0 Å². The minimum atomic E-state index is -1.57. The molecule has 0 aromatic heterocycles. The van der Waals surface area contributed by atoms with Crippen LogP contribution in [0.2, 0.25) is 0 Å². The van der Waals surface area contributed by atoms with E-state index in [4.69, 9.17) is 9.47 Å². The molecule has 0 aromatic rings. The highest BCUT2D eigenvalue weighted by atomic mass is 16.7. The zero-order valence-electron chi connectivity index (χ0n) is 43.7. The quantitative estimate of drug-likeness (QED) is 0.0261. The van der Waals surface area contributed by atoms with Crippen molar-refractivity contribution >= 4 is 5.91 Å². The molecule has 1 heterocycles. The number of carbonyl (C=O) groups excluding carboxylic acids is 1. The van der Waals surface area contributed by atoms with Gasteiger partial charge in [-0.1, -0.05) is 249 Å². The van der Waals surface area contributed by atoms with Crippen molar-refractivity contribution in [1.82, 2.24) is 5.32 Å². The second-order valence-corrected chi connectivity index (χ2v) is 20.1. The van der Waals surface area contributed by atoms with Crippen molar-refractivity contribution in [3.63, 3.8) is 0 Å². The molecule has 7 unspecified atom stereocenters. The van der Waals surface area contributed by atoms with Gasteiger partial charge < -0.3 is 40.3 Å². The number of aliphatic hydroxyl groups excluding tert-OH is 5. The van der Waals surface area contributed by atoms with Gasteiger partial charge in [0.05, 0.1) is 25.4 Å². The van der Waals surface area contributed by atoms with Crippen LogP contribution in [0, 0.1) is 0 Å². The molecule has 1 saturated heterocycles. The highest BCUT2D eigenvalue weighted by Crippen LogP contribution is 2.23. The van der Waals surface area contributed by atoms with Crippen LogP contribution in [0.15, 0.2) is 36.5 Å². The topological polar surface area (TPSA) is 149 Å². The van der Waals surface area contributed by atoms with E-state index in [1.54, 1.807) is 6.08 Å². The van der Waals surface area contributed by atoms with Gasteiger partial charge in [0.15, 0.2) is 6.29 Å². The van der Waals surface area contributed by atoms with E-state index in [2.05, 4.69) is 43.5 Å². The first kappa shape index (κ1) is 63.4. The van der Waals surface area contributed by atoms with Crippen LogP contribution in [0.5, 0.6) is 0 Å². The van der Waals surface area contributed by atoms with Crippen LogP contribution in [0.1, 0.15) is 271 Å². The number of nitrogens with one attached hydrogen (secondary N) is 1. The van der Waals surface area contributed by atoms with E-state index in [9.17, 15) is 30.3 Å². The Bertz CT molecular complexity index is 1150. The van der Waals surface area contributed by atoms with Crippen molar-refractivity contribution in [1.29, 1.82) is 0 Å². The summed E-state index contributed by atoms with van der Waals surface area (Å²) in [5.74, 6) is -0.182. The Morgan fingerprint density at radius 1 is 0.507 bits per heavy atom. The third kappa shape index (κ3) is 37.9.